The smallest absolute Gasteiger partial charge is 0.272 e. The third kappa shape index (κ3) is 7.50. The molecule has 40 heavy (non-hydrogen) atoms. The summed E-state index contributed by atoms with van der Waals surface area (Å²) in [5.74, 6) is -3.49. The first-order valence-corrected chi connectivity index (χ1v) is 13.7. The van der Waals surface area contributed by atoms with Crippen molar-refractivity contribution in [2.45, 2.75) is 51.1 Å². The number of nitrogens with zero attached hydrogens (tertiary/aromatic N) is 4. The Morgan fingerprint density at radius 1 is 1.23 bits per heavy atom. The molecule has 10 heteroatoms. The SMILES string of the molecule is C=C(c1nc(/C=C/CNC(=O)c2cnn(CCF)c2)cc2c(N[C@H]3CCCCN(C)CC3)cccc12)C(C)(F)F. The van der Waals surface area contributed by atoms with Crippen molar-refractivity contribution in [2.75, 3.05) is 38.7 Å². The number of likely N-dealkylation sites (tertiary alicyclic amines) is 1. The first-order valence-electron chi connectivity index (χ1n) is 13.7. The number of rotatable bonds is 10. The molecule has 2 N–H and O–H groups in total. The van der Waals surface area contributed by atoms with Gasteiger partial charge < -0.3 is 15.5 Å². The average Bonchev–Trinajstić information content (AvgIpc) is 3.38. The molecule has 3 heterocycles. The normalized spacial score (nSPS) is 17.1. The van der Waals surface area contributed by atoms with Gasteiger partial charge >= 0.3 is 0 Å². The minimum Gasteiger partial charge on any atom is -0.382 e. The summed E-state index contributed by atoms with van der Waals surface area (Å²) in [5.41, 5.74) is 1.47. The van der Waals surface area contributed by atoms with Gasteiger partial charge in [-0.2, -0.15) is 5.10 Å². The Balaban J connectivity index is 1.58. The van der Waals surface area contributed by atoms with Gasteiger partial charge in [-0.05, 0) is 57.6 Å². The molecule has 1 aliphatic rings. The monoisotopic (exact) mass is 554 g/mol. The molecule has 1 aromatic carbocycles. The Hall–Kier alpha value is -3.66. The van der Waals surface area contributed by atoms with Crippen LogP contribution < -0.4 is 10.6 Å². The number of benzene rings is 1. The van der Waals surface area contributed by atoms with E-state index in [0.29, 0.717) is 16.6 Å². The number of pyridine rings is 1. The van der Waals surface area contributed by atoms with Gasteiger partial charge in [-0.3, -0.25) is 9.48 Å². The number of hydrogen-bond acceptors (Lipinski definition) is 5. The van der Waals surface area contributed by atoms with E-state index < -0.39 is 12.6 Å². The third-order valence-electron chi connectivity index (χ3n) is 7.15. The molecule has 0 bridgehead atoms. The summed E-state index contributed by atoms with van der Waals surface area (Å²) in [5, 5.41) is 11.8. The second kappa shape index (κ2) is 13.1. The number of alkyl halides is 3. The van der Waals surface area contributed by atoms with Crippen molar-refractivity contribution in [1.29, 1.82) is 0 Å². The predicted molar refractivity (Wildman–Crippen MR) is 154 cm³/mol. The molecule has 1 aliphatic heterocycles. The highest BCUT2D eigenvalue weighted by Crippen LogP contribution is 2.36. The van der Waals surface area contributed by atoms with E-state index >= 15 is 0 Å². The summed E-state index contributed by atoms with van der Waals surface area (Å²) in [7, 11) is 2.13. The summed E-state index contributed by atoms with van der Waals surface area (Å²) < 4.78 is 42.7. The second-order valence-electron chi connectivity index (χ2n) is 10.4. The minimum atomic E-state index is -3.14. The number of allylic oxidation sites excluding steroid dienone is 1. The molecule has 1 amide bonds. The standard InChI is InChI=1S/C30H37F3N6O/c1-21(30(2,32)33)28-25-10-6-11-27(36-23-8-4-5-15-38(3)16-12-23)26(25)18-24(37-28)9-7-14-34-29(40)22-19-35-39(20-22)17-13-31/h6-7,9-11,18-20,23,36H,1,4-5,8,12-17H2,2-3H3,(H,34,40)/b9-7+/t23-/m0/s1. The summed E-state index contributed by atoms with van der Waals surface area (Å²) in [4.78, 5) is 19.3. The molecule has 7 nitrogen and oxygen atoms in total. The molecule has 2 aromatic heterocycles. The van der Waals surface area contributed by atoms with Crippen LogP contribution in [0.4, 0.5) is 18.9 Å². The van der Waals surface area contributed by atoms with Crippen LogP contribution in [0.2, 0.25) is 0 Å². The Labute approximate surface area is 233 Å². The molecule has 3 aromatic rings. The molecule has 1 saturated heterocycles. The lowest BCUT2D eigenvalue weighted by Crippen LogP contribution is -2.31. The van der Waals surface area contributed by atoms with Crippen molar-refractivity contribution in [3.8, 4) is 0 Å². The fourth-order valence-corrected chi connectivity index (χ4v) is 4.84. The van der Waals surface area contributed by atoms with Crippen LogP contribution in [-0.2, 0) is 6.54 Å². The molecular formula is C30H37F3N6O. The van der Waals surface area contributed by atoms with Crippen LogP contribution >= 0.6 is 0 Å². The van der Waals surface area contributed by atoms with Crippen LogP contribution in [0.15, 0.2) is 49.3 Å². The molecule has 0 spiro atoms. The first kappa shape index (κ1) is 29.3. The van der Waals surface area contributed by atoms with Gasteiger partial charge in [0.25, 0.3) is 11.8 Å². The van der Waals surface area contributed by atoms with Gasteiger partial charge in [-0.25, -0.2) is 18.2 Å². The van der Waals surface area contributed by atoms with E-state index in [2.05, 4.69) is 39.2 Å². The van der Waals surface area contributed by atoms with Crippen LogP contribution in [-0.4, -0.2) is 70.9 Å². The maximum atomic E-state index is 14.4. The fraction of sp³-hybridized carbons (Fsp3) is 0.433. The lowest BCUT2D eigenvalue weighted by molar-refractivity contribution is 0.0892. The lowest BCUT2D eigenvalue weighted by Gasteiger charge is -2.27. The van der Waals surface area contributed by atoms with Gasteiger partial charge in [0.2, 0.25) is 0 Å². The molecule has 214 valence electrons. The number of nitrogens with one attached hydrogen (secondary N) is 2. The van der Waals surface area contributed by atoms with Crippen molar-refractivity contribution in [3.05, 3.63) is 66.3 Å². The van der Waals surface area contributed by atoms with Gasteiger partial charge in [-0.1, -0.05) is 31.2 Å². The molecule has 0 radical (unpaired) electrons. The number of aryl methyl sites for hydroxylation is 1. The van der Waals surface area contributed by atoms with E-state index in [1.165, 1.54) is 17.1 Å². The lowest BCUT2D eigenvalue weighted by atomic mass is 9.98. The molecular weight excluding hydrogens is 517 g/mol. The summed E-state index contributed by atoms with van der Waals surface area (Å²) in [6, 6.07) is 7.76. The van der Waals surface area contributed by atoms with E-state index in [-0.39, 0.29) is 36.3 Å². The second-order valence-corrected chi connectivity index (χ2v) is 10.4. The number of carbonyl (C=O) groups excluding carboxylic acids is 1. The third-order valence-corrected chi connectivity index (χ3v) is 7.15. The van der Waals surface area contributed by atoms with Crippen molar-refractivity contribution in [3.63, 3.8) is 0 Å². The Morgan fingerprint density at radius 3 is 2.83 bits per heavy atom. The highest BCUT2D eigenvalue weighted by Gasteiger charge is 2.29. The summed E-state index contributed by atoms with van der Waals surface area (Å²) in [6.07, 6.45) is 10.6. The van der Waals surface area contributed by atoms with Crippen LogP contribution in [0, 0.1) is 0 Å². The Kier molecular flexibility index (Phi) is 9.63. The number of amides is 1. The zero-order valence-electron chi connectivity index (χ0n) is 23.1. The van der Waals surface area contributed by atoms with Gasteiger partial charge in [0.05, 0.1) is 29.7 Å². The molecule has 1 fully saturated rings. The van der Waals surface area contributed by atoms with Crippen LogP contribution in [0.3, 0.4) is 0 Å². The van der Waals surface area contributed by atoms with E-state index in [0.717, 1.165) is 56.8 Å². The molecule has 0 unspecified atom stereocenters. The topological polar surface area (TPSA) is 75.1 Å². The summed E-state index contributed by atoms with van der Waals surface area (Å²) in [6.45, 7) is 6.29. The average molecular weight is 555 g/mol. The van der Waals surface area contributed by atoms with Crippen LogP contribution in [0.5, 0.6) is 0 Å². The Morgan fingerprint density at radius 2 is 2.05 bits per heavy atom. The van der Waals surface area contributed by atoms with E-state index in [1.807, 2.05) is 18.2 Å². The highest BCUT2D eigenvalue weighted by molar-refractivity contribution is 6.01. The maximum absolute atomic E-state index is 14.4. The number of aromatic nitrogens is 3. The number of fused-ring (bicyclic) bond motifs is 1. The van der Waals surface area contributed by atoms with Crippen LogP contribution in [0.25, 0.3) is 22.4 Å². The van der Waals surface area contributed by atoms with Crippen molar-refractivity contribution < 1.29 is 18.0 Å². The van der Waals surface area contributed by atoms with Gasteiger partial charge in [-0.15, -0.1) is 0 Å². The molecule has 4 rings (SSSR count). The van der Waals surface area contributed by atoms with E-state index in [4.69, 9.17) is 0 Å². The van der Waals surface area contributed by atoms with Crippen molar-refractivity contribution in [2.24, 2.45) is 0 Å². The van der Waals surface area contributed by atoms with Gasteiger partial charge in [0, 0.05) is 47.7 Å². The number of carbonyl (C=O) groups is 1. The molecule has 0 saturated carbocycles. The van der Waals surface area contributed by atoms with Crippen LogP contribution in [0.1, 0.15) is 54.4 Å². The molecule has 1 atom stereocenters. The minimum absolute atomic E-state index is 0.0832. The first-order chi connectivity index (χ1) is 19.2. The number of hydrogen-bond donors (Lipinski definition) is 2. The van der Waals surface area contributed by atoms with Gasteiger partial charge in [0.15, 0.2) is 0 Å². The highest BCUT2D eigenvalue weighted by atomic mass is 19.3. The van der Waals surface area contributed by atoms with Crippen molar-refractivity contribution in [1.82, 2.24) is 25.0 Å². The maximum Gasteiger partial charge on any atom is 0.272 e. The van der Waals surface area contributed by atoms with Crippen molar-refractivity contribution >= 4 is 34.0 Å². The summed E-state index contributed by atoms with van der Waals surface area (Å²) >= 11 is 0. The predicted octanol–water partition coefficient (Wildman–Crippen LogP) is 5.80. The van der Waals surface area contributed by atoms with E-state index in [9.17, 15) is 18.0 Å². The number of anilines is 1. The fourth-order valence-electron chi connectivity index (χ4n) is 4.84. The Bertz CT molecular complexity index is 1360. The van der Waals surface area contributed by atoms with E-state index in [1.54, 1.807) is 18.2 Å². The zero-order valence-corrected chi connectivity index (χ0v) is 23.1. The number of halogens is 3. The van der Waals surface area contributed by atoms with Gasteiger partial charge in [0.1, 0.15) is 6.67 Å². The zero-order chi connectivity index (χ0) is 28.7. The molecule has 0 aliphatic carbocycles. The quantitative estimate of drug-likeness (QED) is 0.332. The largest absolute Gasteiger partial charge is 0.382 e.